The maximum absolute atomic E-state index is 13.1. The molecule has 0 saturated carbocycles. The first-order valence-corrected chi connectivity index (χ1v) is 8.65. The number of halogens is 1. The van der Waals surface area contributed by atoms with Gasteiger partial charge in [0, 0.05) is 0 Å². The maximum Gasteiger partial charge on any atom is 0.341 e. The van der Waals surface area contributed by atoms with Crippen molar-refractivity contribution in [2.24, 2.45) is 0 Å². The molecule has 0 unspecified atom stereocenters. The fourth-order valence-electron chi connectivity index (χ4n) is 2.24. The summed E-state index contributed by atoms with van der Waals surface area (Å²) >= 11 is 6.42. The number of benzene rings is 2. The molecule has 5 nitrogen and oxygen atoms in total. The molecule has 0 bridgehead atoms. The van der Waals surface area contributed by atoms with Gasteiger partial charge in [-0.15, -0.1) is 0 Å². The predicted octanol–water partition coefficient (Wildman–Crippen LogP) is 3.69. The first kappa shape index (κ1) is 18.1. The van der Waals surface area contributed by atoms with Gasteiger partial charge in [-0.2, -0.15) is 0 Å². The van der Waals surface area contributed by atoms with Crippen LogP contribution in [-0.4, -0.2) is 27.9 Å². The second-order valence-electron chi connectivity index (χ2n) is 5.24. The van der Waals surface area contributed by atoms with Crippen LogP contribution in [0.25, 0.3) is 6.08 Å². The molecule has 3 rings (SSSR count). The Kier molecular flexibility index (Phi) is 5.34. The van der Waals surface area contributed by atoms with Crippen molar-refractivity contribution in [2.75, 3.05) is 11.5 Å². The molecule has 1 amide bonds. The van der Waals surface area contributed by atoms with Crippen molar-refractivity contribution in [3.8, 4) is 5.75 Å². The molecule has 1 fully saturated rings. The van der Waals surface area contributed by atoms with Crippen LogP contribution in [0.15, 0.2) is 53.4 Å². The van der Waals surface area contributed by atoms with E-state index in [-0.39, 0.29) is 11.7 Å². The summed E-state index contributed by atoms with van der Waals surface area (Å²) in [4.78, 5) is 24.9. The van der Waals surface area contributed by atoms with Crippen molar-refractivity contribution < 1.29 is 23.8 Å². The molecule has 0 aromatic heterocycles. The standard InChI is InChI=1S/C18H12FNO4S2/c19-12-3-5-13(6-4-12)20-17(23)15(26-18(20)25)9-11-1-7-14(8-2-11)24-10-16(21)22/h1-9H,10H2,(H,21,22)/b15-9+. The van der Waals surface area contributed by atoms with Crippen molar-refractivity contribution in [1.82, 2.24) is 0 Å². The minimum atomic E-state index is -1.06. The normalized spacial score (nSPS) is 15.6. The van der Waals surface area contributed by atoms with Gasteiger partial charge in [-0.1, -0.05) is 36.1 Å². The Morgan fingerprint density at radius 3 is 2.46 bits per heavy atom. The van der Waals surface area contributed by atoms with Gasteiger partial charge in [-0.25, -0.2) is 9.18 Å². The number of carboxylic acid groups (broad SMARTS) is 1. The van der Waals surface area contributed by atoms with E-state index in [9.17, 15) is 14.0 Å². The number of amides is 1. The summed E-state index contributed by atoms with van der Waals surface area (Å²) in [5.74, 6) is -1.31. The fourth-order valence-corrected chi connectivity index (χ4v) is 3.54. The number of hydrogen-bond donors (Lipinski definition) is 1. The molecule has 1 aliphatic heterocycles. The molecule has 1 heterocycles. The topological polar surface area (TPSA) is 66.8 Å². The van der Waals surface area contributed by atoms with Crippen molar-refractivity contribution in [2.45, 2.75) is 0 Å². The smallest absolute Gasteiger partial charge is 0.341 e. The van der Waals surface area contributed by atoms with Crippen LogP contribution in [0.4, 0.5) is 10.1 Å². The summed E-state index contributed by atoms with van der Waals surface area (Å²) in [5, 5.41) is 8.59. The number of carbonyl (C=O) groups excluding carboxylic acids is 1. The highest BCUT2D eigenvalue weighted by molar-refractivity contribution is 8.27. The first-order valence-electron chi connectivity index (χ1n) is 7.42. The van der Waals surface area contributed by atoms with Crippen LogP contribution in [0.2, 0.25) is 0 Å². The fraction of sp³-hybridized carbons (Fsp3) is 0.0556. The van der Waals surface area contributed by atoms with Crippen molar-refractivity contribution >= 4 is 51.9 Å². The van der Waals surface area contributed by atoms with Gasteiger partial charge < -0.3 is 9.84 Å². The molecule has 2 aromatic carbocycles. The molecule has 1 saturated heterocycles. The number of thiocarbonyl (C=S) groups is 1. The summed E-state index contributed by atoms with van der Waals surface area (Å²) in [6, 6.07) is 12.2. The maximum atomic E-state index is 13.1. The number of aliphatic carboxylic acids is 1. The van der Waals surface area contributed by atoms with Crippen molar-refractivity contribution in [1.29, 1.82) is 0 Å². The Morgan fingerprint density at radius 2 is 1.85 bits per heavy atom. The van der Waals surface area contributed by atoms with Crippen LogP contribution in [0.3, 0.4) is 0 Å². The zero-order valence-electron chi connectivity index (χ0n) is 13.2. The molecule has 0 atom stereocenters. The molecule has 26 heavy (non-hydrogen) atoms. The first-order chi connectivity index (χ1) is 12.4. The average molecular weight is 389 g/mol. The molecule has 0 radical (unpaired) electrons. The summed E-state index contributed by atoms with van der Waals surface area (Å²) in [7, 11) is 0. The SMILES string of the molecule is O=C(O)COc1ccc(/C=C2/SC(=S)N(c3ccc(F)cc3)C2=O)cc1. The number of nitrogens with zero attached hydrogens (tertiary/aromatic N) is 1. The zero-order valence-corrected chi connectivity index (χ0v) is 14.8. The lowest BCUT2D eigenvalue weighted by atomic mass is 10.2. The van der Waals surface area contributed by atoms with E-state index < -0.39 is 12.6 Å². The quantitative estimate of drug-likeness (QED) is 0.621. The van der Waals surface area contributed by atoms with E-state index in [1.807, 2.05) is 0 Å². The molecular weight excluding hydrogens is 377 g/mol. The number of ether oxygens (including phenoxy) is 1. The van der Waals surface area contributed by atoms with Gasteiger partial charge in [0.2, 0.25) is 0 Å². The van der Waals surface area contributed by atoms with Gasteiger partial charge in [0.05, 0.1) is 10.6 Å². The van der Waals surface area contributed by atoms with Crippen LogP contribution < -0.4 is 9.64 Å². The van der Waals surface area contributed by atoms with E-state index in [1.54, 1.807) is 30.3 Å². The van der Waals surface area contributed by atoms with Gasteiger partial charge in [-0.05, 0) is 48.0 Å². The van der Waals surface area contributed by atoms with Gasteiger partial charge in [0.1, 0.15) is 11.6 Å². The van der Waals surface area contributed by atoms with E-state index in [0.29, 0.717) is 20.7 Å². The molecule has 0 aliphatic carbocycles. The molecular formula is C18H12FNO4S2. The third-order valence-electron chi connectivity index (χ3n) is 3.42. The summed E-state index contributed by atoms with van der Waals surface area (Å²) in [5.41, 5.74) is 1.25. The van der Waals surface area contributed by atoms with E-state index in [2.05, 4.69) is 0 Å². The Hall–Kier alpha value is -2.71. The highest BCUT2D eigenvalue weighted by atomic mass is 32.2. The predicted molar refractivity (Wildman–Crippen MR) is 102 cm³/mol. The van der Waals surface area contributed by atoms with Gasteiger partial charge in [0.15, 0.2) is 10.9 Å². The minimum Gasteiger partial charge on any atom is -0.482 e. The Bertz CT molecular complexity index is 894. The lowest BCUT2D eigenvalue weighted by Crippen LogP contribution is -2.27. The lowest BCUT2D eigenvalue weighted by Gasteiger charge is -2.14. The van der Waals surface area contributed by atoms with Crippen LogP contribution in [0, 0.1) is 5.82 Å². The second kappa shape index (κ2) is 7.67. The number of carbonyl (C=O) groups is 2. The van der Waals surface area contributed by atoms with Gasteiger partial charge in [-0.3, -0.25) is 9.69 Å². The summed E-state index contributed by atoms with van der Waals surface area (Å²) in [6.45, 7) is -0.421. The van der Waals surface area contributed by atoms with E-state index in [1.165, 1.54) is 29.2 Å². The zero-order chi connectivity index (χ0) is 18.7. The Morgan fingerprint density at radius 1 is 1.19 bits per heavy atom. The van der Waals surface area contributed by atoms with E-state index in [4.69, 9.17) is 22.1 Å². The molecule has 8 heteroatoms. The Balaban J connectivity index is 1.77. The summed E-state index contributed by atoms with van der Waals surface area (Å²) in [6.07, 6.45) is 1.68. The van der Waals surface area contributed by atoms with Gasteiger partial charge in [0.25, 0.3) is 5.91 Å². The number of thioether (sulfide) groups is 1. The molecule has 0 spiro atoms. The van der Waals surface area contributed by atoms with Crippen LogP contribution in [-0.2, 0) is 9.59 Å². The van der Waals surface area contributed by atoms with Crippen LogP contribution in [0.1, 0.15) is 5.56 Å². The number of carboxylic acids is 1. The van der Waals surface area contributed by atoms with Crippen LogP contribution >= 0.6 is 24.0 Å². The van der Waals surface area contributed by atoms with Crippen molar-refractivity contribution in [3.05, 3.63) is 64.8 Å². The number of anilines is 1. The molecule has 1 aliphatic rings. The molecule has 132 valence electrons. The minimum absolute atomic E-state index is 0.280. The third-order valence-corrected chi connectivity index (χ3v) is 4.72. The average Bonchev–Trinajstić information content (AvgIpc) is 2.89. The van der Waals surface area contributed by atoms with Crippen molar-refractivity contribution in [3.63, 3.8) is 0 Å². The second-order valence-corrected chi connectivity index (χ2v) is 6.92. The highest BCUT2D eigenvalue weighted by Gasteiger charge is 2.33. The number of rotatable bonds is 5. The third kappa shape index (κ3) is 4.09. The van der Waals surface area contributed by atoms with Crippen LogP contribution in [0.5, 0.6) is 5.75 Å². The number of hydrogen-bond acceptors (Lipinski definition) is 5. The molecule has 2 aromatic rings. The largest absolute Gasteiger partial charge is 0.482 e. The van der Waals surface area contributed by atoms with E-state index in [0.717, 1.165) is 17.3 Å². The van der Waals surface area contributed by atoms with Gasteiger partial charge >= 0.3 is 5.97 Å². The summed E-state index contributed by atoms with van der Waals surface area (Å²) < 4.78 is 18.5. The Labute approximate surface area is 158 Å². The lowest BCUT2D eigenvalue weighted by molar-refractivity contribution is -0.139. The molecule has 1 N–H and O–H groups in total. The van der Waals surface area contributed by atoms with E-state index >= 15 is 0 Å². The highest BCUT2D eigenvalue weighted by Crippen LogP contribution is 2.36. The monoisotopic (exact) mass is 389 g/mol.